The lowest BCUT2D eigenvalue weighted by atomic mass is 9.93. The highest BCUT2D eigenvalue weighted by molar-refractivity contribution is 6.30. The first-order valence-corrected chi connectivity index (χ1v) is 9.63. The minimum Gasteiger partial charge on any atom is -0.491 e. The Kier molecular flexibility index (Phi) is 5.11. The number of carbonyl (C=O) groups excluding carboxylic acids is 1. The molecule has 4 rings (SSSR count). The van der Waals surface area contributed by atoms with Gasteiger partial charge in [-0.3, -0.25) is 9.59 Å². The summed E-state index contributed by atoms with van der Waals surface area (Å²) in [6.07, 6.45) is 3.82. The van der Waals surface area contributed by atoms with Crippen molar-refractivity contribution in [3.63, 3.8) is 0 Å². The van der Waals surface area contributed by atoms with Crippen molar-refractivity contribution in [3.8, 4) is 5.75 Å². The number of pyridine rings is 2. The smallest absolute Gasteiger partial charge is 0.250 e. The third-order valence-corrected chi connectivity index (χ3v) is 5.50. The van der Waals surface area contributed by atoms with E-state index in [1.54, 1.807) is 31.4 Å². The van der Waals surface area contributed by atoms with Crippen LogP contribution >= 0.6 is 11.6 Å². The maximum absolute atomic E-state index is 12.9. The number of hydrogen-bond donors (Lipinski definition) is 1. The van der Waals surface area contributed by atoms with Gasteiger partial charge in [-0.15, -0.1) is 0 Å². The van der Waals surface area contributed by atoms with E-state index in [1.165, 1.54) is 16.8 Å². The van der Waals surface area contributed by atoms with Crippen molar-refractivity contribution in [1.82, 2.24) is 9.55 Å². The van der Waals surface area contributed by atoms with Crippen LogP contribution in [0.15, 0.2) is 71.8 Å². The number of carbonyl (C=O) groups is 1. The molecule has 148 valence electrons. The van der Waals surface area contributed by atoms with Crippen LogP contribution in [0.3, 0.4) is 0 Å². The monoisotopic (exact) mass is 409 g/mol. The molecule has 29 heavy (non-hydrogen) atoms. The van der Waals surface area contributed by atoms with Gasteiger partial charge in [-0.25, -0.2) is 4.98 Å². The first-order chi connectivity index (χ1) is 14.0. The van der Waals surface area contributed by atoms with Crippen molar-refractivity contribution in [3.05, 3.63) is 87.9 Å². The van der Waals surface area contributed by atoms with Crippen LogP contribution < -0.4 is 15.6 Å². The first kappa shape index (κ1) is 19.2. The Balaban J connectivity index is 1.53. The predicted octanol–water partition coefficient (Wildman–Crippen LogP) is 3.41. The number of hydrogen-bond acceptors (Lipinski definition) is 4. The van der Waals surface area contributed by atoms with Crippen molar-refractivity contribution in [2.24, 2.45) is 13.0 Å². The third kappa shape index (κ3) is 4.03. The Bertz CT molecular complexity index is 1080. The van der Waals surface area contributed by atoms with E-state index >= 15 is 0 Å². The van der Waals surface area contributed by atoms with Crippen LogP contribution in [0.2, 0.25) is 5.02 Å². The largest absolute Gasteiger partial charge is 0.491 e. The number of aromatic nitrogens is 2. The fourth-order valence-corrected chi connectivity index (χ4v) is 3.62. The number of rotatable bonds is 6. The van der Waals surface area contributed by atoms with Gasteiger partial charge in [-0.2, -0.15) is 0 Å². The average molecular weight is 410 g/mol. The number of halogens is 1. The first-order valence-electron chi connectivity index (χ1n) is 9.25. The molecule has 6 nitrogen and oxygen atoms in total. The third-order valence-electron chi connectivity index (χ3n) is 5.27. The van der Waals surface area contributed by atoms with Crippen LogP contribution in [0.4, 0.5) is 5.82 Å². The summed E-state index contributed by atoms with van der Waals surface area (Å²) >= 11 is 5.86. The summed E-state index contributed by atoms with van der Waals surface area (Å²) in [7, 11) is 1.68. The Morgan fingerprint density at radius 2 is 2.03 bits per heavy atom. The molecule has 1 aromatic carbocycles. The van der Waals surface area contributed by atoms with Crippen molar-refractivity contribution in [1.29, 1.82) is 0 Å². The molecule has 1 N–H and O–H groups in total. The zero-order valence-electron chi connectivity index (χ0n) is 15.8. The van der Waals surface area contributed by atoms with Crippen LogP contribution in [0.25, 0.3) is 0 Å². The highest BCUT2D eigenvalue weighted by Gasteiger charge is 2.60. The predicted molar refractivity (Wildman–Crippen MR) is 111 cm³/mol. The Hall–Kier alpha value is -3.12. The molecule has 1 saturated carbocycles. The van der Waals surface area contributed by atoms with E-state index in [4.69, 9.17) is 16.3 Å². The van der Waals surface area contributed by atoms with Gasteiger partial charge in [-0.1, -0.05) is 41.9 Å². The molecule has 7 heteroatoms. The zero-order chi connectivity index (χ0) is 20.4. The standard InChI is InChI=1S/C22H20ClN3O3/c1-26-13-17(8-10-20(26)27)29-14-22(15-5-3-2-4-6-15)11-18(22)21(28)25-19-9-7-16(23)12-24-19/h2-10,12-13,18H,11,14H2,1H3,(H,24,25,28). The normalized spacial score (nSPS) is 20.1. The summed E-state index contributed by atoms with van der Waals surface area (Å²) in [4.78, 5) is 28.6. The molecule has 2 aromatic heterocycles. The second-order valence-electron chi connectivity index (χ2n) is 7.23. The molecule has 0 radical (unpaired) electrons. The molecule has 0 bridgehead atoms. The van der Waals surface area contributed by atoms with Gasteiger partial charge >= 0.3 is 0 Å². The maximum atomic E-state index is 12.9. The van der Waals surface area contributed by atoms with Crippen molar-refractivity contribution in [2.45, 2.75) is 11.8 Å². The molecule has 1 aliphatic carbocycles. The van der Waals surface area contributed by atoms with Gasteiger partial charge < -0.3 is 14.6 Å². The van der Waals surface area contributed by atoms with E-state index in [-0.39, 0.29) is 17.4 Å². The topological polar surface area (TPSA) is 73.2 Å². The molecule has 0 saturated heterocycles. The average Bonchev–Trinajstić information content (AvgIpc) is 3.47. The molecule has 1 fully saturated rings. The quantitative estimate of drug-likeness (QED) is 0.677. The van der Waals surface area contributed by atoms with Crippen molar-refractivity contribution in [2.75, 3.05) is 11.9 Å². The summed E-state index contributed by atoms with van der Waals surface area (Å²) in [5.41, 5.74) is 0.523. The second-order valence-corrected chi connectivity index (χ2v) is 7.67. The van der Waals surface area contributed by atoms with Crippen LogP contribution in [-0.4, -0.2) is 22.1 Å². The van der Waals surface area contributed by atoms with Crippen LogP contribution in [-0.2, 0) is 17.3 Å². The number of aryl methyl sites for hydroxylation is 1. The fourth-order valence-electron chi connectivity index (χ4n) is 3.51. The summed E-state index contributed by atoms with van der Waals surface area (Å²) in [5.74, 6) is 0.711. The van der Waals surface area contributed by atoms with E-state index in [0.29, 0.717) is 29.6 Å². The maximum Gasteiger partial charge on any atom is 0.250 e. The van der Waals surface area contributed by atoms with E-state index in [2.05, 4.69) is 10.3 Å². The van der Waals surface area contributed by atoms with E-state index in [9.17, 15) is 9.59 Å². The number of amides is 1. The minimum absolute atomic E-state index is 0.103. The summed E-state index contributed by atoms with van der Waals surface area (Å²) < 4.78 is 7.46. The molecule has 1 amide bonds. The summed E-state index contributed by atoms with van der Waals surface area (Å²) in [5, 5.41) is 3.37. The second kappa shape index (κ2) is 7.72. The SMILES string of the molecule is Cn1cc(OCC2(c3ccccc3)CC2C(=O)Nc2ccc(Cl)cn2)ccc1=O. The van der Waals surface area contributed by atoms with Gasteiger partial charge in [0, 0.05) is 30.9 Å². The van der Waals surface area contributed by atoms with Crippen molar-refractivity contribution < 1.29 is 9.53 Å². The van der Waals surface area contributed by atoms with E-state index < -0.39 is 5.41 Å². The fraction of sp³-hybridized carbons (Fsp3) is 0.227. The summed E-state index contributed by atoms with van der Waals surface area (Å²) in [6, 6.07) is 16.4. The van der Waals surface area contributed by atoms with Crippen LogP contribution in [0, 0.1) is 5.92 Å². The minimum atomic E-state index is -0.424. The molecule has 2 unspecified atom stereocenters. The number of benzene rings is 1. The number of nitrogens with one attached hydrogen (secondary N) is 1. The molecule has 3 aromatic rings. The van der Waals surface area contributed by atoms with E-state index in [0.717, 1.165) is 5.56 Å². The lowest BCUT2D eigenvalue weighted by Crippen LogP contribution is -2.27. The Morgan fingerprint density at radius 1 is 1.24 bits per heavy atom. The number of anilines is 1. The molecule has 1 aliphatic rings. The van der Waals surface area contributed by atoms with Crippen LogP contribution in [0.1, 0.15) is 12.0 Å². The molecule has 2 heterocycles. The van der Waals surface area contributed by atoms with Gasteiger partial charge in [0.1, 0.15) is 11.6 Å². The zero-order valence-corrected chi connectivity index (χ0v) is 16.6. The Morgan fingerprint density at radius 3 is 2.72 bits per heavy atom. The molecular weight excluding hydrogens is 390 g/mol. The van der Waals surface area contributed by atoms with Crippen LogP contribution in [0.5, 0.6) is 5.75 Å². The lowest BCUT2D eigenvalue weighted by molar-refractivity contribution is -0.117. The van der Waals surface area contributed by atoms with Gasteiger partial charge in [0.05, 0.1) is 17.5 Å². The number of nitrogens with zero attached hydrogens (tertiary/aromatic N) is 2. The van der Waals surface area contributed by atoms with E-state index in [1.807, 2.05) is 30.3 Å². The van der Waals surface area contributed by atoms with Gasteiger partial charge in [0.15, 0.2) is 0 Å². The lowest BCUT2D eigenvalue weighted by Gasteiger charge is -2.19. The van der Waals surface area contributed by atoms with Crippen molar-refractivity contribution >= 4 is 23.3 Å². The van der Waals surface area contributed by atoms with Gasteiger partial charge in [0.2, 0.25) is 11.5 Å². The molecule has 2 atom stereocenters. The molecule has 0 spiro atoms. The highest BCUT2D eigenvalue weighted by atomic mass is 35.5. The number of ether oxygens (including phenoxy) is 1. The van der Waals surface area contributed by atoms with Gasteiger partial charge in [0.25, 0.3) is 0 Å². The molecule has 0 aliphatic heterocycles. The summed E-state index contributed by atoms with van der Waals surface area (Å²) in [6.45, 7) is 0.335. The van der Waals surface area contributed by atoms with Gasteiger partial charge in [-0.05, 0) is 30.2 Å². The Labute approximate surface area is 173 Å². The molecular formula is C22H20ClN3O3. The highest BCUT2D eigenvalue weighted by Crippen LogP contribution is 2.55.